The van der Waals surface area contributed by atoms with Gasteiger partial charge in [0.25, 0.3) is 0 Å². The third-order valence-corrected chi connectivity index (χ3v) is 1.18. The summed E-state index contributed by atoms with van der Waals surface area (Å²) in [6, 6.07) is -1.11. The number of aliphatic carboxylic acids is 1. The molecule has 6 heteroatoms. The highest BCUT2D eigenvalue weighted by Gasteiger charge is 2.17. The predicted molar refractivity (Wildman–Crippen MR) is 35.1 cm³/mol. The molecule has 0 heterocycles. The topological polar surface area (TPSA) is 120 Å². The number of primary amides is 1. The summed E-state index contributed by atoms with van der Waals surface area (Å²) >= 11 is 0. The van der Waals surface area contributed by atoms with Gasteiger partial charge in [0, 0.05) is 12.8 Å². The molecule has 0 saturated carbocycles. The molecule has 1 atom stereocenters. The van der Waals surface area contributed by atoms with E-state index in [0.29, 0.717) is 5.48 Å². The summed E-state index contributed by atoms with van der Waals surface area (Å²) in [4.78, 5) is 20.3. The van der Waals surface area contributed by atoms with Crippen molar-refractivity contribution in [2.24, 2.45) is 5.73 Å². The molecule has 0 spiro atoms. The fraction of sp³-hybridized carbons (Fsp3) is 0.600. The van der Waals surface area contributed by atoms with Crippen LogP contribution in [0.4, 0.5) is 0 Å². The Bertz CT molecular complexity index is 159. The zero-order chi connectivity index (χ0) is 8.85. The van der Waals surface area contributed by atoms with Gasteiger partial charge in [0.1, 0.15) is 0 Å². The van der Waals surface area contributed by atoms with Crippen molar-refractivity contribution in [3.05, 3.63) is 5.21 Å². The van der Waals surface area contributed by atoms with Crippen molar-refractivity contribution in [3.8, 4) is 0 Å². The standard InChI is InChI=1S/C5H10N2O4/c6-4(8)2-1-3(7-11)5(9)10/h3H,1-2,7H2,(H2,6,8)(H,9,10)/t3-/m0/s1. The zero-order valence-electron chi connectivity index (χ0n) is 5.82. The minimum absolute atomic E-state index is 0.0197. The molecule has 0 fully saturated rings. The molecule has 0 aliphatic rings. The van der Waals surface area contributed by atoms with Crippen molar-refractivity contribution in [3.63, 3.8) is 0 Å². The summed E-state index contributed by atoms with van der Waals surface area (Å²) in [6.07, 6.45) is -0.0934. The lowest BCUT2D eigenvalue weighted by atomic mass is 10.1. The van der Waals surface area contributed by atoms with Crippen LogP contribution in [-0.4, -0.2) is 23.0 Å². The van der Waals surface area contributed by atoms with Crippen LogP contribution in [0.5, 0.6) is 0 Å². The smallest absolute Gasteiger partial charge is 0.362 e. The van der Waals surface area contributed by atoms with Gasteiger partial charge >= 0.3 is 5.97 Å². The molecule has 0 aliphatic carbocycles. The van der Waals surface area contributed by atoms with Crippen LogP contribution in [0.2, 0.25) is 0 Å². The second-order valence-corrected chi connectivity index (χ2v) is 2.09. The van der Waals surface area contributed by atoms with Crippen LogP contribution in [0, 0.1) is 5.21 Å². The average molecular weight is 162 g/mol. The Labute approximate surface area is 63.0 Å². The van der Waals surface area contributed by atoms with Crippen LogP contribution in [-0.2, 0) is 9.59 Å². The van der Waals surface area contributed by atoms with Gasteiger partial charge in [0.05, 0.1) is 0 Å². The first-order valence-corrected chi connectivity index (χ1v) is 3.04. The Morgan fingerprint density at radius 1 is 1.64 bits per heavy atom. The number of quaternary nitrogens is 1. The average Bonchev–Trinajstić information content (AvgIpc) is 1.87. The lowest BCUT2D eigenvalue weighted by molar-refractivity contribution is -0.615. The number of nitrogens with two attached hydrogens (primary N) is 2. The number of carboxylic acids is 1. The number of amides is 1. The van der Waals surface area contributed by atoms with Crippen LogP contribution in [0.15, 0.2) is 0 Å². The second-order valence-electron chi connectivity index (χ2n) is 2.09. The number of carbonyl (C=O) groups excluding carboxylic acids is 1. The van der Waals surface area contributed by atoms with E-state index < -0.39 is 17.9 Å². The lowest BCUT2D eigenvalue weighted by Crippen LogP contribution is -2.86. The van der Waals surface area contributed by atoms with Crippen molar-refractivity contribution < 1.29 is 20.2 Å². The van der Waals surface area contributed by atoms with E-state index in [4.69, 9.17) is 10.8 Å². The quantitative estimate of drug-likeness (QED) is 0.396. The molecule has 11 heavy (non-hydrogen) atoms. The minimum Gasteiger partial charge on any atom is -0.635 e. The highest BCUT2D eigenvalue weighted by Crippen LogP contribution is 1.91. The maximum Gasteiger partial charge on any atom is 0.362 e. The van der Waals surface area contributed by atoms with Crippen molar-refractivity contribution in [2.45, 2.75) is 18.9 Å². The Balaban J connectivity index is 3.70. The van der Waals surface area contributed by atoms with Gasteiger partial charge in [-0.25, -0.2) is 4.79 Å². The molecule has 0 unspecified atom stereocenters. The van der Waals surface area contributed by atoms with Gasteiger partial charge in [-0.2, -0.15) is 0 Å². The van der Waals surface area contributed by atoms with Gasteiger partial charge in [-0.15, -0.1) is 0 Å². The molecule has 5 N–H and O–H groups in total. The fourth-order valence-electron chi connectivity index (χ4n) is 0.547. The normalized spacial score (nSPS) is 12.5. The van der Waals surface area contributed by atoms with E-state index in [1.54, 1.807) is 0 Å². The minimum atomic E-state index is -1.22. The molecule has 0 aromatic carbocycles. The van der Waals surface area contributed by atoms with Crippen molar-refractivity contribution >= 4 is 11.9 Å². The number of carboxylic acid groups (broad SMARTS) is 1. The van der Waals surface area contributed by atoms with Crippen LogP contribution in [0.1, 0.15) is 12.8 Å². The third-order valence-electron chi connectivity index (χ3n) is 1.18. The number of hydrogen-bond donors (Lipinski definition) is 3. The summed E-state index contributed by atoms with van der Waals surface area (Å²) in [5, 5.41) is 18.3. The molecule has 0 radical (unpaired) electrons. The summed E-state index contributed by atoms with van der Waals surface area (Å²) < 4.78 is 0. The molecule has 64 valence electrons. The highest BCUT2D eigenvalue weighted by molar-refractivity contribution is 5.76. The largest absolute Gasteiger partial charge is 0.635 e. The van der Waals surface area contributed by atoms with E-state index in [0.717, 1.165) is 0 Å². The van der Waals surface area contributed by atoms with Gasteiger partial charge in [0.15, 0.2) is 6.04 Å². The Morgan fingerprint density at radius 3 is 2.45 bits per heavy atom. The van der Waals surface area contributed by atoms with Gasteiger partial charge in [0.2, 0.25) is 5.91 Å². The van der Waals surface area contributed by atoms with Crippen LogP contribution >= 0.6 is 0 Å². The van der Waals surface area contributed by atoms with Gasteiger partial charge in [-0.05, 0) is 0 Å². The first-order valence-electron chi connectivity index (χ1n) is 3.04. The molecule has 0 rings (SSSR count). The Morgan fingerprint density at radius 2 is 2.18 bits per heavy atom. The van der Waals surface area contributed by atoms with E-state index in [1.807, 2.05) is 0 Å². The van der Waals surface area contributed by atoms with Crippen molar-refractivity contribution in [2.75, 3.05) is 0 Å². The number of carbonyl (C=O) groups is 2. The molecule has 0 saturated heterocycles. The highest BCUT2D eigenvalue weighted by atomic mass is 16.5. The van der Waals surface area contributed by atoms with E-state index in [-0.39, 0.29) is 12.8 Å². The predicted octanol–water partition coefficient (Wildman–Crippen LogP) is -2.23. The first-order chi connectivity index (χ1) is 5.07. The van der Waals surface area contributed by atoms with Gasteiger partial charge in [-0.3, -0.25) is 4.79 Å². The Kier molecular flexibility index (Phi) is 4.16. The Hall–Kier alpha value is -1.14. The maximum atomic E-state index is 10.2. The number of hydroxylamine groups is 1. The molecule has 6 nitrogen and oxygen atoms in total. The molecule has 0 aromatic rings. The summed E-state index contributed by atoms with van der Waals surface area (Å²) in [5.74, 6) is -1.82. The number of hydrogen-bond acceptors (Lipinski definition) is 3. The molecular formula is C5H10N2O4. The molecule has 0 aliphatic heterocycles. The van der Waals surface area contributed by atoms with Gasteiger partial charge < -0.3 is 21.5 Å². The molecule has 1 amide bonds. The summed E-state index contributed by atoms with van der Waals surface area (Å²) in [7, 11) is 0. The van der Waals surface area contributed by atoms with E-state index in [2.05, 4.69) is 0 Å². The molecule has 0 aromatic heterocycles. The summed E-state index contributed by atoms with van der Waals surface area (Å²) in [5.41, 5.74) is 5.04. The van der Waals surface area contributed by atoms with Crippen molar-refractivity contribution in [1.29, 1.82) is 0 Å². The van der Waals surface area contributed by atoms with Crippen molar-refractivity contribution in [1.82, 2.24) is 0 Å². The van der Waals surface area contributed by atoms with E-state index in [9.17, 15) is 14.8 Å². The number of rotatable bonds is 5. The molecule has 0 bridgehead atoms. The summed E-state index contributed by atoms with van der Waals surface area (Å²) in [6.45, 7) is 0. The zero-order valence-corrected chi connectivity index (χ0v) is 5.82. The first kappa shape index (κ1) is 9.86. The fourth-order valence-corrected chi connectivity index (χ4v) is 0.547. The van der Waals surface area contributed by atoms with Crippen LogP contribution < -0.4 is 11.2 Å². The maximum absolute atomic E-state index is 10.2. The SMILES string of the molecule is NC(=O)CC[C@H]([NH2+][O-])C(=O)O. The third kappa shape index (κ3) is 4.29. The monoisotopic (exact) mass is 162 g/mol. The van der Waals surface area contributed by atoms with Crippen LogP contribution in [0.3, 0.4) is 0 Å². The van der Waals surface area contributed by atoms with E-state index in [1.165, 1.54) is 0 Å². The van der Waals surface area contributed by atoms with Crippen LogP contribution in [0.25, 0.3) is 0 Å². The van der Waals surface area contributed by atoms with Gasteiger partial charge in [-0.1, -0.05) is 0 Å². The van der Waals surface area contributed by atoms with E-state index >= 15 is 0 Å². The molecular weight excluding hydrogens is 152 g/mol. The second kappa shape index (κ2) is 4.64. The lowest BCUT2D eigenvalue weighted by Gasteiger charge is -2.10.